The Morgan fingerprint density at radius 3 is 2.53 bits per heavy atom. The molecule has 0 aliphatic rings. The fraction of sp³-hybridized carbons (Fsp3) is 0.200. The molecule has 0 aliphatic carbocycles. The second kappa shape index (κ2) is 10.9. The van der Waals surface area contributed by atoms with E-state index in [0.29, 0.717) is 37.3 Å². The number of thioether (sulfide) groups is 1. The van der Waals surface area contributed by atoms with Crippen molar-refractivity contribution < 1.29 is 9.59 Å². The molecule has 1 aromatic heterocycles. The Hall–Kier alpha value is -1.78. The van der Waals surface area contributed by atoms with Crippen LogP contribution in [0.15, 0.2) is 46.0 Å². The second-order valence-corrected chi connectivity index (χ2v) is 9.71. The van der Waals surface area contributed by atoms with Gasteiger partial charge in [-0.25, -0.2) is 0 Å². The second-order valence-electron chi connectivity index (χ2n) is 6.69. The molecule has 2 aromatic carbocycles. The van der Waals surface area contributed by atoms with E-state index in [1.54, 1.807) is 48.9 Å². The fourth-order valence-corrected chi connectivity index (χ4v) is 4.16. The number of halogens is 4. The lowest BCUT2D eigenvalue weighted by molar-refractivity contribution is -0.113. The van der Waals surface area contributed by atoms with Crippen molar-refractivity contribution in [1.82, 2.24) is 20.1 Å². The summed E-state index contributed by atoms with van der Waals surface area (Å²) >= 11 is 22.5. The zero-order valence-electron chi connectivity index (χ0n) is 16.8. The predicted molar refractivity (Wildman–Crippen MR) is 132 cm³/mol. The van der Waals surface area contributed by atoms with E-state index in [9.17, 15) is 9.59 Å². The Bertz CT molecular complexity index is 1170. The van der Waals surface area contributed by atoms with Gasteiger partial charge in [0.05, 0.1) is 26.9 Å². The number of nitrogens with zero attached hydrogens (tertiary/aromatic N) is 3. The lowest BCUT2D eigenvalue weighted by Gasteiger charge is -2.14. The minimum Gasteiger partial charge on any atom is -0.342 e. The molecule has 2 amide bonds. The molecule has 0 aliphatic heterocycles. The van der Waals surface area contributed by atoms with Gasteiger partial charge in [-0.3, -0.25) is 9.59 Å². The highest BCUT2D eigenvalue weighted by Gasteiger charge is 2.19. The molecule has 7 nitrogen and oxygen atoms in total. The van der Waals surface area contributed by atoms with Crippen LogP contribution in [0.5, 0.6) is 0 Å². The number of carbonyl (C=O) groups is 2. The quantitative estimate of drug-likeness (QED) is 0.349. The average Bonchev–Trinajstić information content (AvgIpc) is 3.11. The van der Waals surface area contributed by atoms with Crippen LogP contribution in [-0.4, -0.2) is 32.3 Å². The van der Waals surface area contributed by atoms with E-state index in [1.807, 2.05) is 0 Å². The number of hydrogen-bond acceptors (Lipinski definition) is 5. The minimum absolute atomic E-state index is 0.129. The first-order valence-electron chi connectivity index (χ1n) is 9.18. The zero-order valence-corrected chi connectivity index (χ0v) is 21.5. The number of aromatic nitrogens is 3. The minimum atomic E-state index is -0.428. The third-order valence-electron chi connectivity index (χ3n) is 4.32. The fourth-order valence-electron chi connectivity index (χ4n) is 2.71. The monoisotopic (exact) mass is 575 g/mol. The SMILES string of the molecule is C[C@@H](NC(=O)c1ccc(Cl)c(Cl)c1)c1nnc(SCC(=O)Nc2ccc(Br)c(Cl)c2)n1C. The van der Waals surface area contributed by atoms with E-state index in [2.05, 4.69) is 36.8 Å². The van der Waals surface area contributed by atoms with Crippen molar-refractivity contribution in [3.8, 4) is 0 Å². The molecule has 3 aromatic rings. The van der Waals surface area contributed by atoms with Crippen LogP contribution >= 0.6 is 62.5 Å². The van der Waals surface area contributed by atoms with Crippen LogP contribution in [0.2, 0.25) is 15.1 Å². The van der Waals surface area contributed by atoms with E-state index in [0.717, 1.165) is 4.47 Å². The summed E-state index contributed by atoms with van der Waals surface area (Å²) in [5, 5.41) is 15.6. The van der Waals surface area contributed by atoms with Gasteiger partial charge in [0.1, 0.15) is 0 Å². The molecule has 32 heavy (non-hydrogen) atoms. The van der Waals surface area contributed by atoms with Gasteiger partial charge in [0.25, 0.3) is 5.91 Å². The highest BCUT2D eigenvalue weighted by Crippen LogP contribution is 2.26. The molecule has 0 saturated carbocycles. The average molecular weight is 578 g/mol. The number of carbonyl (C=O) groups excluding carboxylic acids is 2. The lowest BCUT2D eigenvalue weighted by atomic mass is 10.2. The molecule has 0 fully saturated rings. The van der Waals surface area contributed by atoms with Gasteiger partial charge in [-0.15, -0.1) is 10.2 Å². The standard InChI is InChI=1S/C20H17BrCl3N5O2S/c1-10(25-19(31)11-3-6-14(22)16(24)7-11)18-27-28-20(29(18)2)32-9-17(30)26-12-4-5-13(21)15(23)8-12/h3-8,10H,9H2,1-2H3,(H,25,31)(H,26,30)/t10-/m1/s1. The summed E-state index contributed by atoms with van der Waals surface area (Å²) in [6.07, 6.45) is 0. The summed E-state index contributed by atoms with van der Waals surface area (Å²) in [4.78, 5) is 24.8. The van der Waals surface area contributed by atoms with Gasteiger partial charge < -0.3 is 15.2 Å². The molecule has 0 saturated heterocycles. The Morgan fingerprint density at radius 1 is 1.09 bits per heavy atom. The number of rotatable bonds is 7. The van der Waals surface area contributed by atoms with Crippen LogP contribution in [0.1, 0.15) is 29.1 Å². The van der Waals surface area contributed by atoms with Crippen molar-refractivity contribution in [2.75, 3.05) is 11.1 Å². The van der Waals surface area contributed by atoms with E-state index >= 15 is 0 Å². The summed E-state index contributed by atoms with van der Waals surface area (Å²) in [6.45, 7) is 1.79. The molecule has 0 unspecified atom stereocenters. The van der Waals surface area contributed by atoms with Gasteiger partial charge in [0.15, 0.2) is 11.0 Å². The number of benzene rings is 2. The lowest BCUT2D eigenvalue weighted by Crippen LogP contribution is -2.28. The third kappa shape index (κ3) is 6.17. The maximum absolute atomic E-state index is 12.5. The van der Waals surface area contributed by atoms with E-state index < -0.39 is 6.04 Å². The summed E-state index contributed by atoms with van der Waals surface area (Å²) in [5.74, 6) is 0.143. The van der Waals surface area contributed by atoms with Crippen molar-refractivity contribution >= 4 is 80.0 Å². The van der Waals surface area contributed by atoms with Gasteiger partial charge in [-0.1, -0.05) is 46.6 Å². The topological polar surface area (TPSA) is 88.9 Å². The first-order chi connectivity index (χ1) is 15.2. The zero-order chi connectivity index (χ0) is 23.4. The molecule has 2 N–H and O–H groups in total. The Balaban J connectivity index is 1.59. The molecule has 1 heterocycles. The van der Waals surface area contributed by atoms with E-state index in [4.69, 9.17) is 34.8 Å². The van der Waals surface area contributed by atoms with E-state index in [-0.39, 0.29) is 17.6 Å². The number of hydrogen-bond donors (Lipinski definition) is 2. The molecule has 0 radical (unpaired) electrons. The summed E-state index contributed by atoms with van der Waals surface area (Å²) < 4.78 is 2.48. The highest BCUT2D eigenvalue weighted by molar-refractivity contribution is 9.10. The number of anilines is 1. The smallest absolute Gasteiger partial charge is 0.251 e. The van der Waals surface area contributed by atoms with Gasteiger partial charge in [-0.05, 0) is 59.3 Å². The molecular weight excluding hydrogens is 561 g/mol. The van der Waals surface area contributed by atoms with E-state index in [1.165, 1.54) is 17.8 Å². The molecular formula is C20H17BrCl3N5O2S. The molecule has 12 heteroatoms. The molecule has 3 rings (SSSR count). The van der Waals surface area contributed by atoms with Crippen LogP contribution in [0, 0.1) is 0 Å². The van der Waals surface area contributed by atoms with Crippen LogP contribution in [0.25, 0.3) is 0 Å². The molecule has 168 valence electrons. The summed E-state index contributed by atoms with van der Waals surface area (Å²) in [6, 6.07) is 9.39. The van der Waals surface area contributed by atoms with Crippen molar-refractivity contribution in [2.45, 2.75) is 18.1 Å². The van der Waals surface area contributed by atoms with Crippen LogP contribution < -0.4 is 10.6 Å². The van der Waals surface area contributed by atoms with Crippen LogP contribution in [0.4, 0.5) is 5.69 Å². The number of amides is 2. The van der Waals surface area contributed by atoms with Crippen molar-refractivity contribution in [3.63, 3.8) is 0 Å². The van der Waals surface area contributed by atoms with Crippen molar-refractivity contribution in [1.29, 1.82) is 0 Å². The largest absolute Gasteiger partial charge is 0.342 e. The van der Waals surface area contributed by atoms with Gasteiger partial charge in [0.2, 0.25) is 5.91 Å². The van der Waals surface area contributed by atoms with Crippen molar-refractivity contribution in [3.05, 3.63) is 67.3 Å². The van der Waals surface area contributed by atoms with Gasteiger partial charge in [0, 0.05) is 22.8 Å². The van der Waals surface area contributed by atoms with Gasteiger partial charge in [-0.2, -0.15) is 0 Å². The highest BCUT2D eigenvalue weighted by atomic mass is 79.9. The first kappa shape index (κ1) is 24.9. The molecule has 0 spiro atoms. The molecule has 1 atom stereocenters. The number of nitrogens with one attached hydrogen (secondary N) is 2. The Morgan fingerprint density at radius 2 is 1.84 bits per heavy atom. The summed E-state index contributed by atoms with van der Waals surface area (Å²) in [5.41, 5.74) is 0.980. The van der Waals surface area contributed by atoms with Gasteiger partial charge >= 0.3 is 0 Å². The van der Waals surface area contributed by atoms with Crippen molar-refractivity contribution in [2.24, 2.45) is 7.05 Å². The predicted octanol–water partition coefficient (Wildman–Crippen LogP) is 5.76. The Kier molecular flexibility index (Phi) is 8.46. The molecule has 0 bridgehead atoms. The maximum Gasteiger partial charge on any atom is 0.251 e. The first-order valence-corrected chi connectivity index (χ1v) is 12.1. The normalized spacial score (nSPS) is 11.8. The summed E-state index contributed by atoms with van der Waals surface area (Å²) in [7, 11) is 1.77. The third-order valence-corrected chi connectivity index (χ3v) is 7.31. The van der Waals surface area contributed by atoms with Crippen LogP contribution in [0.3, 0.4) is 0 Å². The maximum atomic E-state index is 12.5. The Labute approximate surface area is 212 Å². The van der Waals surface area contributed by atoms with Crippen LogP contribution in [-0.2, 0) is 11.8 Å².